The molecular weight excluding hydrogens is 209 g/mol. The zero-order chi connectivity index (χ0) is 11.9. The van der Waals surface area contributed by atoms with Gasteiger partial charge < -0.3 is 10.1 Å². The zero-order valence-corrected chi connectivity index (χ0v) is 8.77. The molecule has 0 aromatic rings. The van der Waals surface area contributed by atoms with E-state index >= 15 is 0 Å². The fourth-order valence-electron chi connectivity index (χ4n) is 1.01. The maximum Gasteiger partial charge on any atom is 0.405 e. The fraction of sp³-hybridized carbons (Fsp3) is 0.889. The second kappa shape index (κ2) is 6.64. The average Bonchev–Trinajstić information content (AvgIpc) is 2.10. The molecule has 2 unspecified atom stereocenters. The molecule has 0 aromatic carbocycles. The fourth-order valence-corrected chi connectivity index (χ4v) is 1.01. The molecule has 0 aliphatic rings. The Morgan fingerprint density at radius 2 is 2.00 bits per heavy atom. The summed E-state index contributed by atoms with van der Waals surface area (Å²) in [6.07, 6.45) is -4.61. The Kier molecular flexibility index (Phi) is 6.29. The van der Waals surface area contributed by atoms with Gasteiger partial charge in [0.15, 0.2) is 5.92 Å². The van der Waals surface area contributed by atoms with Gasteiger partial charge in [0.05, 0.1) is 12.2 Å². The minimum Gasteiger partial charge on any atom is -0.377 e. The van der Waals surface area contributed by atoms with Crippen LogP contribution >= 0.6 is 0 Å². The quantitative estimate of drug-likeness (QED) is 0.747. The van der Waals surface area contributed by atoms with E-state index in [1.54, 1.807) is 6.92 Å². The topological polar surface area (TPSA) is 45.0 Å². The van der Waals surface area contributed by atoms with Crippen molar-refractivity contribution in [3.05, 3.63) is 0 Å². The van der Waals surface area contributed by atoms with Gasteiger partial charge in [-0.25, -0.2) is 0 Å². The van der Waals surface area contributed by atoms with Crippen LogP contribution in [0.4, 0.5) is 13.2 Å². The molecule has 15 heavy (non-hydrogen) atoms. The van der Waals surface area contributed by atoms with Gasteiger partial charge >= 0.3 is 6.18 Å². The van der Waals surface area contributed by atoms with Crippen molar-refractivity contribution >= 4 is 0 Å². The molecule has 0 saturated heterocycles. The average molecular weight is 224 g/mol. The monoisotopic (exact) mass is 224 g/mol. The number of nitrogens with one attached hydrogen (secondary N) is 1. The van der Waals surface area contributed by atoms with Crippen LogP contribution in [0.15, 0.2) is 0 Å². The summed E-state index contributed by atoms with van der Waals surface area (Å²) in [5.41, 5.74) is 0. The molecular formula is C9H15F3N2O. The van der Waals surface area contributed by atoms with Crippen LogP contribution in [0.5, 0.6) is 0 Å². The van der Waals surface area contributed by atoms with Crippen LogP contribution in [-0.2, 0) is 4.74 Å². The van der Waals surface area contributed by atoms with Crippen LogP contribution in [-0.4, -0.2) is 32.0 Å². The summed E-state index contributed by atoms with van der Waals surface area (Å²) >= 11 is 0. The molecule has 0 aliphatic heterocycles. The molecule has 0 spiro atoms. The van der Waals surface area contributed by atoms with Crippen molar-refractivity contribution in [1.29, 1.82) is 5.26 Å². The minimum atomic E-state index is -4.46. The van der Waals surface area contributed by atoms with E-state index in [1.807, 2.05) is 6.92 Å². The summed E-state index contributed by atoms with van der Waals surface area (Å²) in [6, 6.07) is 1.22. The van der Waals surface area contributed by atoms with Gasteiger partial charge in [0.25, 0.3) is 0 Å². The van der Waals surface area contributed by atoms with Crippen LogP contribution in [0.25, 0.3) is 0 Å². The summed E-state index contributed by atoms with van der Waals surface area (Å²) in [5, 5.41) is 10.8. The Morgan fingerprint density at radius 3 is 2.40 bits per heavy atom. The van der Waals surface area contributed by atoms with Crippen molar-refractivity contribution in [2.75, 3.05) is 19.7 Å². The number of alkyl halides is 3. The molecule has 0 aromatic heterocycles. The highest BCUT2D eigenvalue weighted by molar-refractivity contribution is 4.89. The first-order valence-electron chi connectivity index (χ1n) is 4.70. The number of halogens is 3. The molecule has 0 rings (SSSR count). The van der Waals surface area contributed by atoms with Crippen LogP contribution in [0.2, 0.25) is 0 Å². The van der Waals surface area contributed by atoms with Gasteiger partial charge in [0.2, 0.25) is 0 Å². The minimum absolute atomic E-state index is 0.150. The lowest BCUT2D eigenvalue weighted by Gasteiger charge is -2.16. The highest BCUT2D eigenvalue weighted by atomic mass is 19.4. The summed E-state index contributed by atoms with van der Waals surface area (Å²) in [5.74, 6) is -1.95. The first-order chi connectivity index (χ1) is 6.91. The Hall–Kier alpha value is -0.800. The third-order valence-corrected chi connectivity index (χ3v) is 1.78. The molecule has 88 valence electrons. The van der Waals surface area contributed by atoms with E-state index < -0.39 is 18.6 Å². The predicted molar refractivity (Wildman–Crippen MR) is 49.1 cm³/mol. The Bertz CT molecular complexity index is 212. The van der Waals surface area contributed by atoms with Crippen molar-refractivity contribution in [2.24, 2.45) is 5.92 Å². The van der Waals surface area contributed by atoms with E-state index in [1.165, 1.54) is 6.07 Å². The Balaban J connectivity index is 3.80. The largest absolute Gasteiger partial charge is 0.405 e. The van der Waals surface area contributed by atoms with Gasteiger partial charge in [-0.1, -0.05) is 0 Å². The molecule has 0 fully saturated rings. The van der Waals surface area contributed by atoms with E-state index in [4.69, 9.17) is 10.00 Å². The molecule has 0 aliphatic carbocycles. The van der Waals surface area contributed by atoms with Crippen molar-refractivity contribution in [3.8, 4) is 6.07 Å². The van der Waals surface area contributed by atoms with Crippen LogP contribution in [0, 0.1) is 17.2 Å². The number of nitriles is 1. The van der Waals surface area contributed by atoms with Gasteiger partial charge in [-0.05, 0) is 13.8 Å². The summed E-state index contributed by atoms with van der Waals surface area (Å²) in [7, 11) is 0. The lowest BCUT2D eigenvalue weighted by atomic mass is 10.1. The molecule has 3 nitrogen and oxygen atoms in total. The molecule has 1 N–H and O–H groups in total. The Morgan fingerprint density at radius 1 is 1.40 bits per heavy atom. The normalized spacial score (nSPS) is 15.7. The van der Waals surface area contributed by atoms with Gasteiger partial charge in [-0.15, -0.1) is 0 Å². The predicted octanol–water partition coefficient (Wildman–Crippen LogP) is 1.70. The number of rotatable bonds is 6. The zero-order valence-electron chi connectivity index (χ0n) is 8.77. The van der Waals surface area contributed by atoms with E-state index in [2.05, 4.69) is 5.32 Å². The van der Waals surface area contributed by atoms with E-state index in [-0.39, 0.29) is 6.10 Å². The van der Waals surface area contributed by atoms with Crippen molar-refractivity contribution in [2.45, 2.75) is 26.1 Å². The third kappa shape index (κ3) is 6.31. The van der Waals surface area contributed by atoms with Gasteiger partial charge in [-0.2, -0.15) is 18.4 Å². The van der Waals surface area contributed by atoms with Crippen molar-refractivity contribution in [3.63, 3.8) is 0 Å². The molecule has 0 bridgehead atoms. The molecule has 0 heterocycles. The van der Waals surface area contributed by atoms with E-state index in [0.717, 1.165) is 0 Å². The number of ether oxygens (including phenoxy) is 1. The third-order valence-electron chi connectivity index (χ3n) is 1.78. The molecule has 0 amide bonds. The standard InChI is InChI=1S/C9H15F3N2O/c1-3-15-7(2)5-14-6-8(4-13)9(10,11)12/h7-8,14H,3,5-6H2,1-2H3. The SMILES string of the molecule is CCOC(C)CNCC(C#N)C(F)(F)F. The molecule has 2 atom stereocenters. The van der Waals surface area contributed by atoms with Gasteiger partial charge in [0.1, 0.15) is 0 Å². The number of hydrogen-bond donors (Lipinski definition) is 1. The first-order valence-corrected chi connectivity index (χ1v) is 4.70. The van der Waals surface area contributed by atoms with Crippen molar-refractivity contribution in [1.82, 2.24) is 5.32 Å². The maximum atomic E-state index is 12.1. The summed E-state index contributed by atoms with van der Waals surface area (Å²) in [6.45, 7) is 4.00. The maximum absolute atomic E-state index is 12.1. The number of hydrogen-bond acceptors (Lipinski definition) is 3. The van der Waals surface area contributed by atoms with Gasteiger partial charge in [-0.3, -0.25) is 0 Å². The molecule has 0 saturated carbocycles. The smallest absolute Gasteiger partial charge is 0.377 e. The Labute approximate surface area is 87.2 Å². The van der Waals surface area contributed by atoms with Crippen molar-refractivity contribution < 1.29 is 17.9 Å². The number of nitrogens with zero attached hydrogens (tertiary/aromatic N) is 1. The lowest BCUT2D eigenvalue weighted by Crippen LogP contribution is -2.36. The first kappa shape index (κ1) is 14.2. The van der Waals surface area contributed by atoms with Crippen LogP contribution in [0.1, 0.15) is 13.8 Å². The summed E-state index contributed by atoms with van der Waals surface area (Å²) in [4.78, 5) is 0. The highest BCUT2D eigenvalue weighted by Crippen LogP contribution is 2.24. The second-order valence-electron chi connectivity index (χ2n) is 3.15. The van der Waals surface area contributed by atoms with E-state index in [0.29, 0.717) is 13.2 Å². The van der Waals surface area contributed by atoms with Gasteiger partial charge in [0, 0.05) is 19.7 Å². The second-order valence-corrected chi connectivity index (χ2v) is 3.15. The summed E-state index contributed by atoms with van der Waals surface area (Å²) < 4.78 is 41.4. The lowest BCUT2D eigenvalue weighted by molar-refractivity contribution is -0.157. The van der Waals surface area contributed by atoms with E-state index in [9.17, 15) is 13.2 Å². The van der Waals surface area contributed by atoms with Crippen LogP contribution < -0.4 is 5.32 Å². The van der Waals surface area contributed by atoms with Crippen LogP contribution in [0.3, 0.4) is 0 Å². The highest BCUT2D eigenvalue weighted by Gasteiger charge is 2.39. The molecule has 6 heteroatoms. The molecule has 0 radical (unpaired) electrons.